The minimum absolute atomic E-state index is 0.204. The van der Waals surface area contributed by atoms with Gasteiger partial charge in [0.05, 0.1) is 17.1 Å². The molecule has 4 saturated carbocycles. The number of aliphatic hydroxyl groups is 2. The first-order valence-electron chi connectivity index (χ1n) is 14.9. The highest BCUT2D eigenvalue weighted by Gasteiger charge is 2.64. The molecule has 4 aliphatic carbocycles. The molecule has 5 nitrogen and oxygen atoms in total. The molecule has 3 N–H and O–H groups in total. The van der Waals surface area contributed by atoms with E-state index in [9.17, 15) is 18.6 Å². The van der Waals surface area contributed by atoms with E-state index >= 15 is 0 Å². The lowest BCUT2D eigenvalue weighted by Gasteiger charge is -2.64. The SMILES string of the molecule is CC[C@@H]1C2C[C@H](O)CCC2(C)[C@H]2CCC3(C)C([C@H](C)CCNS(=O)(=O)c4ccccc4)CC[C@H]3[C@@H]2[C@@H]1O. The maximum atomic E-state index is 12.7. The zero-order valence-electron chi connectivity index (χ0n) is 23.3. The molecule has 0 bridgehead atoms. The summed E-state index contributed by atoms with van der Waals surface area (Å²) in [6.07, 6.45) is 8.95. The smallest absolute Gasteiger partial charge is 0.240 e. The number of aliphatic hydroxyl groups excluding tert-OH is 2. The lowest BCUT2D eigenvalue weighted by Crippen LogP contribution is -2.62. The summed E-state index contributed by atoms with van der Waals surface area (Å²) in [7, 11) is -3.47. The molecule has 0 aromatic heterocycles. The largest absolute Gasteiger partial charge is 0.393 e. The predicted molar refractivity (Wildman–Crippen MR) is 147 cm³/mol. The average molecular weight is 532 g/mol. The standard InChI is InChI=1S/C31H49NO4S/c1-5-23-27-19-21(33)13-16-31(27,4)26-14-17-30(3)24(11-12-25(30)28(26)29(23)34)20(2)15-18-32-37(35,36)22-9-7-6-8-10-22/h6-10,20-21,23-29,32-34H,5,11-19H2,1-4H3/t20-,21-,23-,24?,25+,26+,27?,28+,29-,30?,31?/m1/s1. The van der Waals surface area contributed by atoms with Gasteiger partial charge in [-0.3, -0.25) is 0 Å². The highest BCUT2D eigenvalue weighted by atomic mass is 32.2. The quantitative estimate of drug-likeness (QED) is 0.426. The van der Waals surface area contributed by atoms with E-state index in [1.54, 1.807) is 24.3 Å². The molecular formula is C31H49NO4S. The van der Waals surface area contributed by atoms with Crippen LogP contribution in [0.25, 0.3) is 0 Å². The molecule has 0 amide bonds. The van der Waals surface area contributed by atoms with Gasteiger partial charge in [-0.15, -0.1) is 0 Å². The zero-order valence-corrected chi connectivity index (χ0v) is 24.1. The Bertz CT molecular complexity index is 1050. The summed E-state index contributed by atoms with van der Waals surface area (Å²) in [6, 6.07) is 8.63. The normalized spacial score (nSPS) is 44.5. The summed E-state index contributed by atoms with van der Waals surface area (Å²) in [5.74, 6) is 3.14. The van der Waals surface area contributed by atoms with Crippen molar-refractivity contribution in [3.05, 3.63) is 30.3 Å². The fourth-order valence-electron chi connectivity index (χ4n) is 10.2. The van der Waals surface area contributed by atoms with Crippen LogP contribution in [0.3, 0.4) is 0 Å². The van der Waals surface area contributed by atoms with Crippen molar-refractivity contribution in [2.24, 2.45) is 52.3 Å². The zero-order chi connectivity index (χ0) is 26.6. The molecule has 208 valence electrons. The Labute approximate surface area is 224 Å². The molecule has 0 aliphatic heterocycles. The maximum absolute atomic E-state index is 12.7. The van der Waals surface area contributed by atoms with Crippen LogP contribution in [0.15, 0.2) is 35.2 Å². The van der Waals surface area contributed by atoms with Crippen LogP contribution >= 0.6 is 0 Å². The summed E-state index contributed by atoms with van der Waals surface area (Å²) in [5.41, 5.74) is 0.431. The Morgan fingerprint density at radius 3 is 2.35 bits per heavy atom. The molecule has 5 rings (SSSR count). The Hall–Kier alpha value is -0.950. The Kier molecular flexibility index (Phi) is 7.63. The monoisotopic (exact) mass is 531 g/mol. The number of hydrogen-bond acceptors (Lipinski definition) is 4. The third kappa shape index (κ3) is 4.62. The molecule has 1 aromatic rings. The van der Waals surface area contributed by atoms with Gasteiger partial charge in [-0.05, 0) is 116 Å². The van der Waals surface area contributed by atoms with Crippen LogP contribution in [-0.4, -0.2) is 37.4 Å². The number of sulfonamides is 1. The second-order valence-corrected chi connectivity index (χ2v) is 15.4. The molecular weight excluding hydrogens is 482 g/mol. The number of nitrogens with one attached hydrogen (secondary N) is 1. The van der Waals surface area contributed by atoms with Crippen LogP contribution in [0, 0.1) is 52.3 Å². The van der Waals surface area contributed by atoms with Crippen LogP contribution < -0.4 is 4.72 Å². The van der Waals surface area contributed by atoms with E-state index in [1.807, 2.05) is 6.07 Å². The predicted octanol–water partition coefficient (Wildman–Crippen LogP) is 5.62. The van der Waals surface area contributed by atoms with Crippen molar-refractivity contribution in [2.45, 2.75) is 103 Å². The molecule has 0 saturated heterocycles. The molecule has 0 heterocycles. The van der Waals surface area contributed by atoms with Crippen LogP contribution in [0.4, 0.5) is 0 Å². The van der Waals surface area contributed by atoms with Crippen LogP contribution in [0.1, 0.15) is 85.5 Å². The summed E-state index contributed by atoms with van der Waals surface area (Å²) in [4.78, 5) is 0.327. The lowest BCUT2D eigenvalue weighted by molar-refractivity contribution is -0.203. The molecule has 0 radical (unpaired) electrons. The van der Waals surface area contributed by atoms with E-state index in [1.165, 1.54) is 25.7 Å². The fraction of sp³-hybridized carbons (Fsp3) is 0.806. The summed E-state index contributed by atoms with van der Waals surface area (Å²) < 4.78 is 28.2. The van der Waals surface area contributed by atoms with Crippen LogP contribution in [0.5, 0.6) is 0 Å². The molecule has 0 spiro atoms. The van der Waals surface area contributed by atoms with E-state index in [0.717, 1.165) is 32.1 Å². The Balaban J connectivity index is 1.30. The Morgan fingerprint density at radius 2 is 1.65 bits per heavy atom. The highest BCUT2D eigenvalue weighted by Crippen LogP contribution is 2.69. The molecule has 4 aliphatic rings. The second kappa shape index (κ2) is 10.2. The van der Waals surface area contributed by atoms with Gasteiger partial charge in [-0.25, -0.2) is 13.1 Å². The highest BCUT2D eigenvalue weighted by molar-refractivity contribution is 7.89. The first-order chi connectivity index (χ1) is 17.5. The molecule has 4 unspecified atom stereocenters. The molecule has 37 heavy (non-hydrogen) atoms. The summed E-state index contributed by atoms with van der Waals surface area (Å²) in [5, 5.41) is 22.4. The van der Waals surface area contributed by atoms with Crippen molar-refractivity contribution < 1.29 is 18.6 Å². The molecule has 6 heteroatoms. The van der Waals surface area contributed by atoms with Crippen molar-refractivity contribution in [3.63, 3.8) is 0 Å². The van der Waals surface area contributed by atoms with E-state index in [4.69, 9.17) is 0 Å². The van der Waals surface area contributed by atoms with Gasteiger partial charge in [0.2, 0.25) is 10.0 Å². The summed E-state index contributed by atoms with van der Waals surface area (Å²) in [6.45, 7) is 9.99. The number of hydrogen-bond donors (Lipinski definition) is 3. The van der Waals surface area contributed by atoms with E-state index in [2.05, 4.69) is 32.4 Å². The van der Waals surface area contributed by atoms with Gasteiger partial charge >= 0.3 is 0 Å². The molecule has 1 aromatic carbocycles. The maximum Gasteiger partial charge on any atom is 0.240 e. The minimum Gasteiger partial charge on any atom is -0.393 e. The van der Waals surface area contributed by atoms with Gasteiger partial charge in [-0.1, -0.05) is 52.3 Å². The number of fused-ring (bicyclic) bond motifs is 5. The first-order valence-corrected chi connectivity index (χ1v) is 16.4. The van der Waals surface area contributed by atoms with Gasteiger partial charge in [0, 0.05) is 6.54 Å². The van der Waals surface area contributed by atoms with Crippen molar-refractivity contribution in [1.29, 1.82) is 0 Å². The topological polar surface area (TPSA) is 86.6 Å². The number of benzene rings is 1. The van der Waals surface area contributed by atoms with Crippen LogP contribution in [-0.2, 0) is 10.0 Å². The summed E-state index contributed by atoms with van der Waals surface area (Å²) >= 11 is 0. The van der Waals surface area contributed by atoms with Crippen molar-refractivity contribution in [2.75, 3.05) is 6.54 Å². The fourth-order valence-corrected chi connectivity index (χ4v) is 11.3. The van der Waals surface area contributed by atoms with Gasteiger partial charge in [0.1, 0.15) is 0 Å². The first kappa shape index (κ1) is 27.6. The van der Waals surface area contributed by atoms with Gasteiger partial charge in [-0.2, -0.15) is 0 Å². The van der Waals surface area contributed by atoms with Gasteiger partial charge < -0.3 is 10.2 Å². The van der Waals surface area contributed by atoms with Gasteiger partial charge in [0.15, 0.2) is 0 Å². The minimum atomic E-state index is -3.47. The Morgan fingerprint density at radius 1 is 0.973 bits per heavy atom. The third-order valence-electron chi connectivity index (χ3n) is 12.1. The van der Waals surface area contributed by atoms with E-state index < -0.39 is 10.0 Å². The lowest BCUT2D eigenvalue weighted by atomic mass is 9.41. The van der Waals surface area contributed by atoms with E-state index in [0.29, 0.717) is 46.9 Å². The second-order valence-electron chi connectivity index (χ2n) is 13.6. The van der Waals surface area contributed by atoms with Crippen LogP contribution in [0.2, 0.25) is 0 Å². The van der Waals surface area contributed by atoms with Crippen molar-refractivity contribution >= 4 is 10.0 Å². The number of rotatable bonds is 7. The van der Waals surface area contributed by atoms with E-state index in [-0.39, 0.29) is 29.0 Å². The van der Waals surface area contributed by atoms with Crippen molar-refractivity contribution in [3.8, 4) is 0 Å². The molecule has 11 atom stereocenters. The molecule has 4 fully saturated rings. The van der Waals surface area contributed by atoms with Gasteiger partial charge in [0.25, 0.3) is 0 Å². The average Bonchev–Trinajstić information content (AvgIpc) is 3.23. The van der Waals surface area contributed by atoms with Crippen molar-refractivity contribution in [1.82, 2.24) is 4.72 Å². The third-order valence-corrected chi connectivity index (χ3v) is 13.6.